The van der Waals surface area contributed by atoms with Crippen molar-refractivity contribution in [1.82, 2.24) is 4.98 Å². The molecule has 0 fully saturated rings. The number of esters is 1. The van der Waals surface area contributed by atoms with E-state index in [1.807, 2.05) is 6.92 Å². The lowest BCUT2D eigenvalue weighted by atomic mass is 10.1. The summed E-state index contributed by atoms with van der Waals surface area (Å²) in [5.41, 5.74) is 1.44. The molecule has 1 aromatic carbocycles. The van der Waals surface area contributed by atoms with Gasteiger partial charge in [-0.3, -0.25) is 4.79 Å². The van der Waals surface area contributed by atoms with Crippen LogP contribution in [0.4, 0.5) is 5.82 Å². The molecule has 0 unspecified atom stereocenters. The average Bonchev–Trinajstić information content (AvgIpc) is 2.50. The van der Waals surface area contributed by atoms with Crippen LogP contribution in [0.3, 0.4) is 0 Å². The summed E-state index contributed by atoms with van der Waals surface area (Å²) >= 11 is 5.71. The fourth-order valence-electron chi connectivity index (χ4n) is 1.65. The van der Waals surface area contributed by atoms with Gasteiger partial charge < -0.3 is 10.1 Å². The Bertz CT molecular complexity index is 669. The highest BCUT2D eigenvalue weighted by molar-refractivity contribution is 6.30. The lowest BCUT2D eigenvalue weighted by molar-refractivity contribution is -0.123. The number of rotatable bonds is 4. The smallest absolute Gasteiger partial charge is 0.338 e. The predicted octanol–water partition coefficient (Wildman–Crippen LogP) is 3.23. The highest BCUT2D eigenvalue weighted by atomic mass is 35.5. The molecule has 0 saturated carbocycles. The maximum absolute atomic E-state index is 12.0. The number of benzene rings is 1. The van der Waals surface area contributed by atoms with Crippen LogP contribution in [0.1, 0.15) is 22.8 Å². The summed E-state index contributed by atoms with van der Waals surface area (Å²) in [5.74, 6) is -0.672. The molecule has 2 rings (SSSR count). The number of nitrogens with zero attached hydrogens (tertiary/aromatic N) is 1. The lowest BCUT2D eigenvalue weighted by Gasteiger charge is -2.13. The minimum Gasteiger partial charge on any atom is -0.449 e. The van der Waals surface area contributed by atoms with E-state index in [4.69, 9.17) is 16.3 Å². The first-order valence-corrected chi connectivity index (χ1v) is 7.03. The molecule has 1 atom stereocenters. The van der Waals surface area contributed by atoms with Crippen LogP contribution in [0.5, 0.6) is 0 Å². The highest BCUT2D eigenvalue weighted by Crippen LogP contribution is 2.11. The second-order valence-corrected chi connectivity index (χ2v) is 5.20. The van der Waals surface area contributed by atoms with E-state index in [-0.39, 0.29) is 0 Å². The minimum absolute atomic E-state index is 0.340. The molecule has 0 spiro atoms. The van der Waals surface area contributed by atoms with E-state index >= 15 is 0 Å². The van der Waals surface area contributed by atoms with E-state index in [9.17, 15) is 9.59 Å². The van der Waals surface area contributed by atoms with Gasteiger partial charge in [-0.25, -0.2) is 9.78 Å². The number of carbonyl (C=O) groups is 2. The predicted molar refractivity (Wildman–Crippen MR) is 83.9 cm³/mol. The summed E-state index contributed by atoms with van der Waals surface area (Å²) in [7, 11) is 0. The highest BCUT2D eigenvalue weighted by Gasteiger charge is 2.19. The molecule has 0 radical (unpaired) electrons. The number of aromatic nitrogens is 1. The fraction of sp³-hybridized carbons (Fsp3) is 0.188. The van der Waals surface area contributed by atoms with Crippen molar-refractivity contribution in [3.8, 4) is 0 Å². The monoisotopic (exact) mass is 318 g/mol. The number of carbonyl (C=O) groups excluding carboxylic acids is 2. The SMILES string of the molecule is Cc1ccc(C(=O)O[C@@H](C)C(=O)Nc2ccc(Cl)cn2)cc1. The van der Waals surface area contributed by atoms with Crippen LogP contribution in [-0.2, 0) is 9.53 Å². The van der Waals surface area contributed by atoms with E-state index in [1.54, 1.807) is 36.4 Å². The average molecular weight is 319 g/mol. The number of amides is 1. The van der Waals surface area contributed by atoms with Crippen LogP contribution < -0.4 is 5.32 Å². The van der Waals surface area contributed by atoms with E-state index in [0.717, 1.165) is 5.56 Å². The Morgan fingerprint density at radius 3 is 2.45 bits per heavy atom. The number of hydrogen-bond acceptors (Lipinski definition) is 4. The van der Waals surface area contributed by atoms with Crippen LogP contribution in [0.15, 0.2) is 42.6 Å². The van der Waals surface area contributed by atoms with Gasteiger partial charge in [-0.05, 0) is 38.1 Å². The van der Waals surface area contributed by atoms with Gasteiger partial charge in [0, 0.05) is 6.20 Å². The third-order valence-corrected chi connectivity index (χ3v) is 3.14. The molecule has 1 aromatic heterocycles. The molecule has 6 heteroatoms. The molecule has 22 heavy (non-hydrogen) atoms. The first kappa shape index (κ1) is 16.0. The summed E-state index contributed by atoms with van der Waals surface area (Å²) in [5, 5.41) is 3.02. The summed E-state index contributed by atoms with van der Waals surface area (Å²) < 4.78 is 5.13. The van der Waals surface area contributed by atoms with Gasteiger partial charge in [-0.15, -0.1) is 0 Å². The van der Waals surface area contributed by atoms with Crippen molar-refractivity contribution in [2.75, 3.05) is 5.32 Å². The molecule has 1 N–H and O–H groups in total. The Balaban J connectivity index is 1.94. The normalized spacial score (nSPS) is 11.6. The van der Waals surface area contributed by atoms with Crippen molar-refractivity contribution in [2.45, 2.75) is 20.0 Å². The molecule has 114 valence electrons. The van der Waals surface area contributed by atoms with Crippen molar-refractivity contribution in [3.63, 3.8) is 0 Å². The number of nitrogens with one attached hydrogen (secondary N) is 1. The zero-order valence-corrected chi connectivity index (χ0v) is 12.9. The summed E-state index contributed by atoms with van der Waals surface area (Å²) in [6.45, 7) is 3.42. The molecule has 1 amide bonds. The van der Waals surface area contributed by atoms with Crippen LogP contribution in [0.2, 0.25) is 5.02 Å². The van der Waals surface area contributed by atoms with E-state index in [2.05, 4.69) is 10.3 Å². The maximum atomic E-state index is 12.0. The molecule has 5 nitrogen and oxygen atoms in total. The first-order valence-electron chi connectivity index (χ1n) is 6.66. The Morgan fingerprint density at radius 1 is 1.18 bits per heavy atom. The van der Waals surface area contributed by atoms with Crippen LogP contribution in [0, 0.1) is 6.92 Å². The van der Waals surface area contributed by atoms with Crippen molar-refractivity contribution in [1.29, 1.82) is 0 Å². The third-order valence-electron chi connectivity index (χ3n) is 2.92. The van der Waals surface area contributed by atoms with Gasteiger partial charge in [0.2, 0.25) is 0 Å². The summed E-state index contributed by atoms with van der Waals surface area (Å²) in [6.07, 6.45) is 0.478. The Kier molecular flexibility index (Phi) is 5.12. The van der Waals surface area contributed by atoms with E-state index in [1.165, 1.54) is 13.1 Å². The van der Waals surface area contributed by atoms with Crippen LogP contribution in [-0.4, -0.2) is 23.0 Å². The Labute approximate surface area is 133 Å². The van der Waals surface area contributed by atoms with Crippen LogP contribution in [0.25, 0.3) is 0 Å². The first-order chi connectivity index (χ1) is 10.5. The van der Waals surface area contributed by atoms with E-state index in [0.29, 0.717) is 16.4 Å². The van der Waals surface area contributed by atoms with Gasteiger partial charge in [-0.1, -0.05) is 29.3 Å². The molecule has 0 saturated heterocycles. The molecule has 0 bridgehead atoms. The minimum atomic E-state index is -0.939. The number of hydrogen-bond donors (Lipinski definition) is 1. The van der Waals surface area contributed by atoms with Crippen LogP contribution >= 0.6 is 11.6 Å². The van der Waals surface area contributed by atoms with Gasteiger partial charge in [0.25, 0.3) is 5.91 Å². The molecular formula is C16H15ClN2O3. The summed E-state index contributed by atoms with van der Waals surface area (Å²) in [6, 6.07) is 10.1. The largest absolute Gasteiger partial charge is 0.449 e. The van der Waals surface area contributed by atoms with Gasteiger partial charge in [0.15, 0.2) is 6.10 Å². The second kappa shape index (κ2) is 7.04. The number of pyridine rings is 1. The van der Waals surface area contributed by atoms with Gasteiger partial charge in [-0.2, -0.15) is 0 Å². The number of ether oxygens (including phenoxy) is 1. The second-order valence-electron chi connectivity index (χ2n) is 4.76. The Morgan fingerprint density at radius 2 is 1.86 bits per heavy atom. The standard InChI is InChI=1S/C16H15ClN2O3/c1-10-3-5-12(6-4-10)16(21)22-11(2)15(20)19-14-8-7-13(17)9-18-14/h3-9,11H,1-2H3,(H,18,19,20)/t11-/m0/s1. The lowest BCUT2D eigenvalue weighted by Crippen LogP contribution is -2.30. The van der Waals surface area contributed by atoms with Crippen molar-refractivity contribution in [2.24, 2.45) is 0 Å². The molecule has 0 aliphatic heterocycles. The van der Waals surface area contributed by atoms with Crippen molar-refractivity contribution >= 4 is 29.3 Å². The molecule has 1 heterocycles. The molecule has 2 aromatic rings. The number of anilines is 1. The topological polar surface area (TPSA) is 68.3 Å². The van der Waals surface area contributed by atoms with Gasteiger partial charge >= 0.3 is 5.97 Å². The maximum Gasteiger partial charge on any atom is 0.338 e. The number of aryl methyl sites for hydroxylation is 1. The quantitative estimate of drug-likeness (QED) is 0.879. The van der Waals surface area contributed by atoms with Crippen molar-refractivity contribution < 1.29 is 14.3 Å². The third kappa shape index (κ3) is 4.30. The van der Waals surface area contributed by atoms with Gasteiger partial charge in [0.1, 0.15) is 5.82 Å². The molecular weight excluding hydrogens is 304 g/mol. The summed E-state index contributed by atoms with van der Waals surface area (Å²) in [4.78, 5) is 27.8. The van der Waals surface area contributed by atoms with Gasteiger partial charge in [0.05, 0.1) is 10.6 Å². The zero-order valence-electron chi connectivity index (χ0n) is 12.2. The zero-order chi connectivity index (χ0) is 16.1. The Hall–Kier alpha value is -2.40. The van der Waals surface area contributed by atoms with E-state index < -0.39 is 18.0 Å². The molecule has 0 aliphatic carbocycles. The fourth-order valence-corrected chi connectivity index (χ4v) is 1.76. The molecule has 0 aliphatic rings. The number of halogens is 1. The van der Waals surface area contributed by atoms with Crippen molar-refractivity contribution in [3.05, 3.63) is 58.7 Å².